The van der Waals surface area contributed by atoms with Crippen LogP contribution in [0.3, 0.4) is 0 Å². The number of amides is 5. The molecule has 5 amide bonds. The number of nitrogens with zero attached hydrogens (tertiary/aromatic N) is 2. The molecule has 9 nitrogen and oxygen atoms in total. The number of nitrogens with one attached hydrogen (secondary N) is 2. The molecule has 2 aliphatic heterocycles. The first kappa shape index (κ1) is 18.1. The maximum Gasteiger partial charge on any atom is 0.311 e. The van der Waals surface area contributed by atoms with Crippen molar-refractivity contribution in [3.63, 3.8) is 0 Å². The van der Waals surface area contributed by atoms with E-state index in [1.54, 1.807) is 5.38 Å². The predicted octanol–water partition coefficient (Wildman–Crippen LogP) is -0.786. The van der Waals surface area contributed by atoms with Crippen molar-refractivity contribution in [3.05, 3.63) is 21.4 Å². The second kappa shape index (κ2) is 6.87. The van der Waals surface area contributed by atoms with Gasteiger partial charge in [0.25, 0.3) is 5.91 Å². The van der Waals surface area contributed by atoms with E-state index >= 15 is 0 Å². The van der Waals surface area contributed by atoms with E-state index in [0.29, 0.717) is 12.0 Å². The van der Waals surface area contributed by atoms with Crippen LogP contribution in [0.1, 0.15) is 33.6 Å². The summed E-state index contributed by atoms with van der Waals surface area (Å²) in [7, 11) is 2.97. The zero-order valence-corrected chi connectivity index (χ0v) is 15.1. The van der Waals surface area contributed by atoms with Crippen molar-refractivity contribution in [2.45, 2.75) is 32.0 Å². The molecular formula is C16H18N4O5S. The van der Waals surface area contributed by atoms with Crippen LogP contribution in [0.25, 0.3) is 0 Å². The third-order valence-corrected chi connectivity index (χ3v) is 5.43. The number of hydrogen-bond donors (Lipinski definition) is 2. The molecule has 1 saturated heterocycles. The van der Waals surface area contributed by atoms with Crippen LogP contribution in [0.5, 0.6) is 0 Å². The Balaban J connectivity index is 1.70. The number of rotatable bonds is 3. The van der Waals surface area contributed by atoms with Crippen LogP contribution >= 0.6 is 11.3 Å². The van der Waals surface area contributed by atoms with E-state index in [4.69, 9.17) is 0 Å². The molecular weight excluding hydrogens is 360 g/mol. The predicted molar refractivity (Wildman–Crippen MR) is 90.9 cm³/mol. The van der Waals surface area contributed by atoms with E-state index in [-0.39, 0.29) is 31.3 Å². The first-order valence-corrected chi connectivity index (χ1v) is 8.91. The van der Waals surface area contributed by atoms with Crippen molar-refractivity contribution in [2.75, 3.05) is 14.1 Å². The fraction of sp³-hybridized carbons (Fsp3) is 0.438. The molecule has 1 aromatic rings. The van der Waals surface area contributed by atoms with Crippen LogP contribution in [0, 0.1) is 0 Å². The van der Waals surface area contributed by atoms with Crippen molar-refractivity contribution >= 4 is 40.9 Å². The molecule has 10 heteroatoms. The van der Waals surface area contributed by atoms with Gasteiger partial charge < -0.3 is 15.1 Å². The summed E-state index contributed by atoms with van der Waals surface area (Å²) in [5, 5.41) is 6.49. The molecule has 138 valence electrons. The van der Waals surface area contributed by atoms with Gasteiger partial charge in [-0.1, -0.05) is 0 Å². The average molecular weight is 378 g/mol. The summed E-state index contributed by atoms with van der Waals surface area (Å²) in [6, 6.07) is -0.671. The van der Waals surface area contributed by atoms with E-state index in [1.807, 2.05) is 0 Å². The lowest BCUT2D eigenvalue weighted by Crippen LogP contribution is -2.52. The monoisotopic (exact) mass is 378 g/mol. The maximum atomic E-state index is 12.6. The topological polar surface area (TPSA) is 116 Å². The smallest absolute Gasteiger partial charge is 0.311 e. The zero-order chi connectivity index (χ0) is 19.0. The van der Waals surface area contributed by atoms with E-state index in [9.17, 15) is 24.0 Å². The quantitative estimate of drug-likeness (QED) is 0.528. The molecule has 0 spiro atoms. The molecule has 3 rings (SSSR count). The van der Waals surface area contributed by atoms with Crippen molar-refractivity contribution in [1.82, 2.24) is 20.4 Å². The van der Waals surface area contributed by atoms with Gasteiger partial charge in [0.05, 0.1) is 12.1 Å². The van der Waals surface area contributed by atoms with Gasteiger partial charge in [-0.25, -0.2) is 0 Å². The minimum atomic E-state index is -0.719. The van der Waals surface area contributed by atoms with E-state index in [2.05, 4.69) is 10.6 Å². The fourth-order valence-electron chi connectivity index (χ4n) is 2.99. The Bertz CT molecular complexity index is 816. The summed E-state index contributed by atoms with van der Waals surface area (Å²) in [6.45, 7) is 0.381. The number of likely N-dealkylation sites (N-methyl/N-ethyl adjacent to an activating group) is 1. The molecule has 0 aromatic carbocycles. The standard InChI is InChI=1S/C16H18N4O5S/c1-19(2)16(25)14(23)17-5-11-8-6-20(15(24)9(8)7-26-11)10-3-4-12(21)18-13(10)22/h7,10H,3-6H2,1-2H3,(H,17,23)(H,18,21,22). The van der Waals surface area contributed by atoms with Gasteiger partial charge in [0.2, 0.25) is 11.8 Å². The number of imide groups is 1. The van der Waals surface area contributed by atoms with E-state index in [1.165, 1.54) is 35.2 Å². The Morgan fingerprint density at radius 1 is 1.35 bits per heavy atom. The lowest BCUT2D eigenvalue weighted by Gasteiger charge is -2.29. The second-order valence-electron chi connectivity index (χ2n) is 6.33. The first-order valence-electron chi connectivity index (χ1n) is 8.03. The molecule has 26 heavy (non-hydrogen) atoms. The molecule has 0 radical (unpaired) electrons. The van der Waals surface area contributed by atoms with Gasteiger partial charge in [-0.3, -0.25) is 29.3 Å². The van der Waals surface area contributed by atoms with Crippen LogP contribution in [0.15, 0.2) is 5.38 Å². The van der Waals surface area contributed by atoms with Crippen LogP contribution in [0.4, 0.5) is 0 Å². The fourth-order valence-corrected chi connectivity index (χ4v) is 3.97. The molecule has 0 bridgehead atoms. The third-order valence-electron chi connectivity index (χ3n) is 4.40. The average Bonchev–Trinajstić information content (AvgIpc) is 3.12. The van der Waals surface area contributed by atoms with Crippen molar-refractivity contribution < 1.29 is 24.0 Å². The Labute approximate surface area is 153 Å². The molecule has 0 aliphatic carbocycles. The van der Waals surface area contributed by atoms with E-state index < -0.39 is 23.8 Å². The normalized spacial score (nSPS) is 19.2. The number of carbonyl (C=O) groups excluding carboxylic acids is 5. The highest BCUT2D eigenvalue weighted by molar-refractivity contribution is 7.10. The lowest BCUT2D eigenvalue weighted by atomic mass is 10.0. The highest BCUT2D eigenvalue weighted by atomic mass is 32.1. The van der Waals surface area contributed by atoms with Crippen molar-refractivity contribution in [3.8, 4) is 0 Å². The molecule has 2 aliphatic rings. The minimum Gasteiger partial charge on any atom is -0.343 e. The van der Waals surface area contributed by atoms with Gasteiger partial charge in [0.1, 0.15) is 6.04 Å². The summed E-state index contributed by atoms with van der Waals surface area (Å²) in [5.74, 6) is -2.42. The summed E-state index contributed by atoms with van der Waals surface area (Å²) in [5.41, 5.74) is 1.25. The van der Waals surface area contributed by atoms with Gasteiger partial charge in [-0.15, -0.1) is 11.3 Å². The molecule has 1 unspecified atom stereocenters. The first-order chi connectivity index (χ1) is 12.3. The maximum absolute atomic E-state index is 12.6. The Morgan fingerprint density at radius 3 is 2.73 bits per heavy atom. The minimum absolute atomic E-state index is 0.134. The number of thiophene rings is 1. The largest absolute Gasteiger partial charge is 0.343 e. The van der Waals surface area contributed by atoms with E-state index in [0.717, 1.165) is 10.4 Å². The highest BCUT2D eigenvalue weighted by Crippen LogP contribution is 2.33. The molecule has 1 atom stereocenters. The lowest BCUT2D eigenvalue weighted by molar-refractivity contribution is -0.144. The number of piperidine rings is 1. The van der Waals surface area contributed by atoms with Gasteiger partial charge in [0, 0.05) is 37.3 Å². The Morgan fingerprint density at radius 2 is 2.08 bits per heavy atom. The van der Waals surface area contributed by atoms with Crippen molar-refractivity contribution in [2.24, 2.45) is 0 Å². The zero-order valence-electron chi connectivity index (χ0n) is 14.3. The third kappa shape index (κ3) is 3.19. The van der Waals surface area contributed by atoms with Crippen molar-refractivity contribution in [1.29, 1.82) is 0 Å². The van der Waals surface area contributed by atoms with Crippen LogP contribution in [0.2, 0.25) is 0 Å². The Kier molecular flexibility index (Phi) is 4.77. The highest BCUT2D eigenvalue weighted by Gasteiger charge is 2.40. The molecule has 0 saturated carbocycles. The number of fused-ring (bicyclic) bond motifs is 1. The SMILES string of the molecule is CN(C)C(=O)C(=O)NCc1scc2c1CN(C1CCC(=O)NC1=O)C2=O. The van der Waals surface area contributed by atoms with Gasteiger partial charge >= 0.3 is 11.8 Å². The summed E-state index contributed by atoms with van der Waals surface area (Å²) in [6.07, 6.45) is 0.496. The number of carbonyl (C=O) groups is 5. The Hall–Kier alpha value is -2.75. The second-order valence-corrected chi connectivity index (χ2v) is 7.30. The van der Waals surface area contributed by atoms with Crippen LogP contribution < -0.4 is 10.6 Å². The van der Waals surface area contributed by atoms with Crippen LogP contribution in [-0.4, -0.2) is 59.5 Å². The summed E-state index contributed by atoms with van der Waals surface area (Å²) in [4.78, 5) is 62.7. The van der Waals surface area contributed by atoms with Crippen LogP contribution in [-0.2, 0) is 32.3 Å². The van der Waals surface area contributed by atoms with Gasteiger partial charge in [-0.2, -0.15) is 0 Å². The van der Waals surface area contributed by atoms with Gasteiger partial charge in [-0.05, 0) is 12.0 Å². The summed E-state index contributed by atoms with van der Waals surface area (Å²) < 4.78 is 0. The molecule has 1 aromatic heterocycles. The molecule has 2 N–H and O–H groups in total. The molecule has 3 heterocycles. The number of hydrogen-bond acceptors (Lipinski definition) is 6. The summed E-state index contributed by atoms with van der Waals surface area (Å²) >= 11 is 1.33. The molecule has 1 fully saturated rings. The van der Waals surface area contributed by atoms with Gasteiger partial charge in [0.15, 0.2) is 0 Å².